The van der Waals surface area contributed by atoms with Crippen LogP contribution in [-0.4, -0.2) is 24.3 Å². The van der Waals surface area contributed by atoms with Crippen LogP contribution in [0.4, 0.5) is 5.00 Å². The first kappa shape index (κ1) is 23.3. The molecule has 174 valence electrons. The first-order valence-corrected chi connectivity index (χ1v) is 11.5. The van der Waals surface area contributed by atoms with Crippen molar-refractivity contribution in [1.82, 2.24) is 0 Å². The summed E-state index contributed by atoms with van der Waals surface area (Å²) < 4.78 is 16.7. The molecule has 0 unspecified atom stereocenters. The molecule has 4 aromatic rings. The Morgan fingerprint density at radius 3 is 2.56 bits per heavy atom. The van der Waals surface area contributed by atoms with Gasteiger partial charge in [-0.05, 0) is 49.9 Å². The number of fused-ring (bicyclic) bond motifs is 1. The SMILES string of the molecule is CCOC(=O)c1c(NC(=O)c2ccc(COc3cccc4ccccc34)o2)sc(C(C)=O)c1C. The summed E-state index contributed by atoms with van der Waals surface area (Å²) in [6.45, 7) is 5.07. The number of anilines is 1. The molecule has 0 atom stereocenters. The standard InChI is InChI=1S/C26H23NO6S/c1-4-31-26(30)22-15(2)23(16(3)28)34-25(22)27-24(29)21-13-12-18(33-21)14-32-20-11-7-9-17-8-5-6-10-19(17)20/h5-13H,4,14H2,1-3H3,(H,27,29). The molecule has 0 saturated carbocycles. The summed E-state index contributed by atoms with van der Waals surface area (Å²) >= 11 is 1.04. The van der Waals surface area contributed by atoms with E-state index in [1.54, 1.807) is 19.9 Å². The van der Waals surface area contributed by atoms with E-state index in [0.29, 0.717) is 22.0 Å². The molecule has 1 amide bonds. The van der Waals surface area contributed by atoms with Crippen LogP contribution in [0.25, 0.3) is 10.8 Å². The lowest BCUT2D eigenvalue weighted by Crippen LogP contribution is -2.14. The van der Waals surface area contributed by atoms with Crippen molar-refractivity contribution in [1.29, 1.82) is 0 Å². The van der Waals surface area contributed by atoms with Gasteiger partial charge in [-0.3, -0.25) is 9.59 Å². The van der Waals surface area contributed by atoms with Crippen LogP contribution in [0.5, 0.6) is 5.75 Å². The molecule has 0 bridgehead atoms. The third-order valence-corrected chi connectivity index (χ3v) is 6.49. The van der Waals surface area contributed by atoms with Crippen LogP contribution in [0.15, 0.2) is 59.0 Å². The van der Waals surface area contributed by atoms with E-state index in [9.17, 15) is 14.4 Å². The first-order valence-electron chi connectivity index (χ1n) is 10.7. The molecule has 0 aliphatic carbocycles. The molecule has 0 aliphatic heterocycles. The van der Waals surface area contributed by atoms with Crippen molar-refractivity contribution in [2.75, 3.05) is 11.9 Å². The van der Waals surface area contributed by atoms with E-state index in [-0.39, 0.29) is 35.3 Å². The number of carbonyl (C=O) groups excluding carboxylic acids is 3. The average Bonchev–Trinajstić information content (AvgIpc) is 3.42. The summed E-state index contributed by atoms with van der Waals surface area (Å²) in [4.78, 5) is 37.6. The highest BCUT2D eigenvalue weighted by atomic mass is 32.1. The van der Waals surface area contributed by atoms with Gasteiger partial charge in [-0.15, -0.1) is 11.3 Å². The molecular formula is C26H23NO6S. The van der Waals surface area contributed by atoms with Crippen LogP contribution in [0.2, 0.25) is 0 Å². The average molecular weight is 478 g/mol. The number of amides is 1. The van der Waals surface area contributed by atoms with Gasteiger partial charge >= 0.3 is 5.97 Å². The Bertz CT molecular complexity index is 1380. The van der Waals surface area contributed by atoms with Crippen LogP contribution in [0, 0.1) is 6.92 Å². The van der Waals surface area contributed by atoms with Gasteiger partial charge < -0.3 is 19.2 Å². The van der Waals surface area contributed by atoms with Gasteiger partial charge in [0.25, 0.3) is 5.91 Å². The molecule has 8 heteroatoms. The highest BCUT2D eigenvalue weighted by molar-refractivity contribution is 7.18. The van der Waals surface area contributed by atoms with E-state index in [0.717, 1.165) is 22.1 Å². The molecule has 0 saturated heterocycles. The number of ketones is 1. The number of rotatable bonds is 8. The van der Waals surface area contributed by atoms with E-state index in [2.05, 4.69) is 5.32 Å². The Morgan fingerprint density at radius 2 is 1.79 bits per heavy atom. The monoisotopic (exact) mass is 477 g/mol. The molecular weight excluding hydrogens is 454 g/mol. The smallest absolute Gasteiger partial charge is 0.341 e. The number of esters is 1. The van der Waals surface area contributed by atoms with Crippen LogP contribution in [0.3, 0.4) is 0 Å². The summed E-state index contributed by atoms with van der Waals surface area (Å²) in [5.41, 5.74) is 0.659. The van der Waals surface area contributed by atoms with Gasteiger partial charge in [-0.1, -0.05) is 36.4 Å². The highest BCUT2D eigenvalue weighted by Gasteiger charge is 2.26. The van der Waals surface area contributed by atoms with Crippen LogP contribution < -0.4 is 10.1 Å². The first-order chi connectivity index (χ1) is 16.4. The van der Waals surface area contributed by atoms with Gasteiger partial charge in [0.2, 0.25) is 0 Å². The number of thiophene rings is 1. The number of hydrogen-bond donors (Lipinski definition) is 1. The van der Waals surface area contributed by atoms with E-state index in [4.69, 9.17) is 13.9 Å². The largest absolute Gasteiger partial charge is 0.485 e. The quantitative estimate of drug-likeness (QED) is 0.247. The Balaban J connectivity index is 1.50. The van der Waals surface area contributed by atoms with Gasteiger partial charge in [0.1, 0.15) is 23.1 Å². The zero-order valence-corrected chi connectivity index (χ0v) is 19.8. The van der Waals surface area contributed by atoms with Crippen molar-refractivity contribution in [2.45, 2.75) is 27.4 Å². The minimum atomic E-state index is -0.595. The summed E-state index contributed by atoms with van der Waals surface area (Å²) in [6, 6.07) is 16.9. The minimum Gasteiger partial charge on any atom is -0.485 e. The van der Waals surface area contributed by atoms with E-state index in [1.807, 2.05) is 42.5 Å². The van der Waals surface area contributed by atoms with Gasteiger partial charge in [0.05, 0.1) is 17.0 Å². The lowest BCUT2D eigenvalue weighted by atomic mass is 10.1. The molecule has 4 rings (SSSR count). The summed E-state index contributed by atoms with van der Waals surface area (Å²) in [6.07, 6.45) is 0. The molecule has 0 radical (unpaired) electrons. The number of benzene rings is 2. The maximum atomic E-state index is 12.8. The zero-order chi connectivity index (χ0) is 24.2. The number of hydrogen-bond acceptors (Lipinski definition) is 7. The Kier molecular flexibility index (Phi) is 6.79. The van der Waals surface area contributed by atoms with Crippen molar-refractivity contribution in [3.05, 3.63) is 82.1 Å². The van der Waals surface area contributed by atoms with Crippen molar-refractivity contribution in [2.24, 2.45) is 0 Å². The predicted molar refractivity (Wildman–Crippen MR) is 130 cm³/mol. The predicted octanol–water partition coefficient (Wildman–Crippen LogP) is 6.01. The molecule has 0 fully saturated rings. The number of nitrogens with one attached hydrogen (secondary N) is 1. The van der Waals surface area contributed by atoms with Gasteiger partial charge in [-0.2, -0.15) is 0 Å². The van der Waals surface area contributed by atoms with Crippen molar-refractivity contribution in [3.63, 3.8) is 0 Å². The molecule has 2 aromatic heterocycles. The number of ether oxygens (including phenoxy) is 2. The van der Waals surface area contributed by atoms with Gasteiger partial charge in [-0.25, -0.2) is 4.79 Å². The third-order valence-electron chi connectivity index (χ3n) is 5.18. The minimum absolute atomic E-state index is 0.0572. The lowest BCUT2D eigenvalue weighted by Gasteiger charge is -2.08. The Hall–Kier alpha value is -3.91. The normalized spacial score (nSPS) is 10.8. The van der Waals surface area contributed by atoms with Gasteiger partial charge in [0.15, 0.2) is 11.5 Å². The maximum Gasteiger partial charge on any atom is 0.341 e. The van der Waals surface area contributed by atoms with Crippen molar-refractivity contribution < 1.29 is 28.3 Å². The van der Waals surface area contributed by atoms with E-state index in [1.165, 1.54) is 13.0 Å². The zero-order valence-electron chi connectivity index (χ0n) is 19.0. The van der Waals surface area contributed by atoms with Crippen LogP contribution in [-0.2, 0) is 11.3 Å². The molecule has 7 nitrogen and oxygen atoms in total. The summed E-state index contributed by atoms with van der Waals surface area (Å²) in [5.74, 6) is -0.0944. The second-order valence-corrected chi connectivity index (χ2v) is 8.54. The maximum absolute atomic E-state index is 12.8. The lowest BCUT2D eigenvalue weighted by molar-refractivity contribution is 0.0527. The number of furan rings is 1. The van der Waals surface area contributed by atoms with Crippen LogP contribution in [0.1, 0.15) is 55.8 Å². The Morgan fingerprint density at radius 1 is 1.03 bits per heavy atom. The molecule has 1 N–H and O–H groups in total. The molecule has 2 heterocycles. The topological polar surface area (TPSA) is 94.8 Å². The highest BCUT2D eigenvalue weighted by Crippen LogP contribution is 2.34. The van der Waals surface area contributed by atoms with Crippen molar-refractivity contribution >= 4 is 44.8 Å². The fraction of sp³-hybridized carbons (Fsp3) is 0.192. The fourth-order valence-electron chi connectivity index (χ4n) is 3.60. The molecule has 34 heavy (non-hydrogen) atoms. The van der Waals surface area contributed by atoms with Gasteiger partial charge in [0, 0.05) is 5.39 Å². The van der Waals surface area contributed by atoms with Crippen LogP contribution >= 0.6 is 11.3 Å². The molecule has 2 aromatic carbocycles. The molecule has 0 spiro atoms. The summed E-state index contributed by atoms with van der Waals surface area (Å²) in [5, 5.41) is 4.98. The third kappa shape index (κ3) is 4.72. The fourth-order valence-corrected chi connectivity index (χ4v) is 4.68. The van der Waals surface area contributed by atoms with E-state index >= 15 is 0 Å². The summed E-state index contributed by atoms with van der Waals surface area (Å²) in [7, 11) is 0. The Labute approximate surface area is 200 Å². The number of carbonyl (C=O) groups is 3. The second-order valence-electron chi connectivity index (χ2n) is 7.52. The van der Waals surface area contributed by atoms with E-state index < -0.39 is 11.9 Å². The second kappa shape index (κ2) is 9.93. The molecule has 0 aliphatic rings. The number of Topliss-reactive ketones (excluding diaryl/α,β-unsaturated/α-hetero) is 1. The van der Waals surface area contributed by atoms with Crippen molar-refractivity contribution in [3.8, 4) is 5.75 Å².